The van der Waals surface area contributed by atoms with Gasteiger partial charge in [-0.25, -0.2) is 0 Å². The largest absolute Gasteiger partial charge is 0.305 e. The maximum Gasteiger partial charge on any atom is 0.152 e. The van der Waals surface area contributed by atoms with Gasteiger partial charge >= 0.3 is 0 Å². The van der Waals surface area contributed by atoms with E-state index in [0.29, 0.717) is 12.8 Å². The Labute approximate surface area is 107 Å². The van der Waals surface area contributed by atoms with Gasteiger partial charge in [-0.1, -0.05) is 41.5 Å². The lowest BCUT2D eigenvalue weighted by molar-refractivity contribution is -0.125. The summed E-state index contributed by atoms with van der Waals surface area (Å²) in [4.78, 5) is 23.6. The minimum absolute atomic E-state index is 0. The molecule has 1 N–H and O–H groups in total. The molecule has 0 aromatic carbocycles. The molecule has 1 unspecified atom stereocenters. The Hall–Kier alpha value is -0.700. The number of hydrogen-bond donors (Lipinski definition) is 1. The number of rotatable bonds is 8. The highest BCUT2D eigenvalue weighted by Gasteiger charge is 2.22. The number of carbonyl (C=O) groups is 2. The Balaban J connectivity index is 0. The average Bonchev–Trinajstić information content (AvgIpc) is 2.21. The van der Waals surface area contributed by atoms with E-state index in [1.807, 2.05) is 41.5 Å². The Morgan fingerprint density at radius 2 is 1.53 bits per heavy atom. The van der Waals surface area contributed by atoms with E-state index in [-0.39, 0.29) is 36.9 Å². The first kappa shape index (κ1) is 16.3. The summed E-state index contributed by atoms with van der Waals surface area (Å²) in [6.45, 7) is 11.6. The van der Waals surface area contributed by atoms with Gasteiger partial charge in [0.15, 0.2) is 5.78 Å². The van der Waals surface area contributed by atoms with Crippen LogP contribution in [0.2, 0.25) is 0 Å². The van der Waals surface area contributed by atoms with Gasteiger partial charge in [-0.05, 0) is 6.42 Å². The standard InChI is InChI=1S/C14H27NO2.H2/c1-9(2)13(16)8-7-12(15-11(5)6)14(17)10(3)4;/h9-12,15H,7-8H2,1-6H3;1H. The third-order valence-corrected chi connectivity index (χ3v) is 2.77. The fourth-order valence-electron chi connectivity index (χ4n) is 1.69. The van der Waals surface area contributed by atoms with E-state index in [0.717, 1.165) is 0 Å². The molecule has 0 aliphatic heterocycles. The van der Waals surface area contributed by atoms with Crippen LogP contribution in [0.3, 0.4) is 0 Å². The highest BCUT2D eigenvalue weighted by molar-refractivity contribution is 5.87. The van der Waals surface area contributed by atoms with Crippen molar-refractivity contribution in [2.24, 2.45) is 11.8 Å². The average molecular weight is 243 g/mol. The van der Waals surface area contributed by atoms with Crippen LogP contribution >= 0.6 is 0 Å². The summed E-state index contributed by atoms with van der Waals surface area (Å²) in [5.41, 5.74) is 0. The zero-order chi connectivity index (χ0) is 13.6. The maximum absolute atomic E-state index is 12.0. The molecule has 102 valence electrons. The van der Waals surface area contributed by atoms with Gasteiger partial charge in [0.25, 0.3) is 0 Å². The smallest absolute Gasteiger partial charge is 0.152 e. The van der Waals surface area contributed by atoms with Crippen LogP contribution in [0.5, 0.6) is 0 Å². The first-order valence-corrected chi connectivity index (χ1v) is 6.58. The van der Waals surface area contributed by atoms with Crippen molar-refractivity contribution in [2.75, 3.05) is 0 Å². The zero-order valence-electron chi connectivity index (χ0n) is 12.0. The molecule has 0 radical (unpaired) electrons. The maximum atomic E-state index is 12.0. The number of nitrogens with one attached hydrogen (secondary N) is 1. The van der Waals surface area contributed by atoms with Crippen molar-refractivity contribution in [2.45, 2.75) is 66.5 Å². The second kappa shape index (κ2) is 7.59. The molecule has 0 bridgehead atoms. The second-order valence-electron chi connectivity index (χ2n) is 5.59. The van der Waals surface area contributed by atoms with E-state index in [1.54, 1.807) is 0 Å². The van der Waals surface area contributed by atoms with Gasteiger partial charge in [-0.15, -0.1) is 0 Å². The molecule has 0 aromatic heterocycles. The molecule has 0 aliphatic carbocycles. The monoisotopic (exact) mass is 243 g/mol. The molecule has 0 spiro atoms. The van der Waals surface area contributed by atoms with Crippen LogP contribution in [0.4, 0.5) is 0 Å². The number of hydrogen-bond acceptors (Lipinski definition) is 3. The van der Waals surface area contributed by atoms with Gasteiger partial charge in [-0.2, -0.15) is 0 Å². The lowest BCUT2D eigenvalue weighted by Crippen LogP contribution is -2.43. The van der Waals surface area contributed by atoms with E-state index >= 15 is 0 Å². The van der Waals surface area contributed by atoms with Crippen LogP contribution in [0.1, 0.15) is 55.8 Å². The SMILES string of the molecule is CC(C)NC(CCC(=O)C(C)C)C(=O)C(C)C.[HH]. The molecular formula is C14H29NO2. The summed E-state index contributed by atoms with van der Waals surface area (Å²) in [6, 6.07) is 0.0783. The molecule has 0 amide bonds. The molecular weight excluding hydrogens is 214 g/mol. The molecule has 0 saturated carbocycles. The highest BCUT2D eigenvalue weighted by atomic mass is 16.1. The van der Waals surface area contributed by atoms with E-state index in [2.05, 4.69) is 5.32 Å². The van der Waals surface area contributed by atoms with Gasteiger partial charge in [0, 0.05) is 25.7 Å². The van der Waals surface area contributed by atoms with Crippen molar-refractivity contribution in [3.8, 4) is 0 Å². The van der Waals surface area contributed by atoms with Gasteiger partial charge in [0.2, 0.25) is 0 Å². The summed E-state index contributed by atoms with van der Waals surface area (Å²) in [7, 11) is 0. The third-order valence-electron chi connectivity index (χ3n) is 2.77. The molecule has 0 aromatic rings. The normalized spacial score (nSPS) is 13.5. The van der Waals surface area contributed by atoms with Crippen LogP contribution in [0, 0.1) is 11.8 Å². The highest BCUT2D eigenvalue weighted by Crippen LogP contribution is 2.10. The van der Waals surface area contributed by atoms with Gasteiger partial charge in [0.1, 0.15) is 5.78 Å². The summed E-state index contributed by atoms with van der Waals surface area (Å²) < 4.78 is 0. The lowest BCUT2D eigenvalue weighted by atomic mass is 9.94. The summed E-state index contributed by atoms with van der Waals surface area (Å²) in [5.74, 6) is 0.511. The van der Waals surface area contributed by atoms with Crippen molar-refractivity contribution in [3.63, 3.8) is 0 Å². The first-order chi connectivity index (χ1) is 7.75. The molecule has 3 nitrogen and oxygen atoms in total. The summed E-state index contributed by atoms with van der Waals surface area (Å²) in [5, 5.41) is 3.25. The predicted molar refractivity (Wildman–Crippen MR) is 73.1 cm³/mol. The number of carbonyl (C=O) groups excluding carboxylic acids is 2. The third kappa shape index (κ3) is 6.57. The van der Waals surface area contributed by atoms with Crippen LogP contribution < -0.4 is 5.32 Å². The van der Waals surface area contributed by atoms with E-state index < -0.39 is 0 Å². The molecule has 3 heteroatoms. The summed E-state index contributed by atoms with van der Waals surface area (Å²) >= 11 is 0. The fraction of sp³-hybridized carbons (Fsp3) is 0.857. The Kier molecular flexibility index (Phi) is 7.28. The van der Waals surface area contributed by atoms with Gasteiger partial charge in [-0.3, -0.25) is 9.59 Å². The van der Waals surface area contributed by atoms with Crippen molar-refractivity contribution >= 4 is 11.6 Å². The van der Waals surface area contributed by atoms with Crippen molar-refractivity contribution in [1.29, 1.82) is 0 Å². The first-order valence-electron chi connectivity index (χ1n) is 6.58. The minimum Gasteiger partial charge on any atom is -0.305 e. The van der Waals surface area contributed by atoms with Gasteiger partial charge < -0.3 is 5.32 Å². The van der Waals surface area contributed by atoms with Gasteiger partial charge in [0.05, 0.1) is 6.04 Å². The van der Waals surface area contributed by atoms with Crippen molar-refractivity contribution in [3.05, 3.63) is 0 Å². The Bertz CT molecular complexity index is 263. The lowest BCUT2D eigenvalue weighted by Gasteiger charge is -2.22. The second-order valence-corrected chi connectivity index (χ2v) is 5.59. The van der Waals surface area contributed by atoms with Crippen LogP contribution in [-0.4, -0.2) is 23.7 Å². The molecule has 0 aliphatic rings. The Morgan fingerprint density at radius 1 is 1.00 bits per heavy atom. The number of ketones is 2. The fourth-order valence-corrected chi connectivity index (χ4v) is 1.69. The molecule has 17 heavy (non-hydrogen) atoms. The molecule has 0 rings (SSSR count). The Morgan fingerprint density at radius 3 is 1.88 bits per heavy atom. The summed E-state index contributed by atoms with van der Waals surface area (Å²) in [6.07, 6.45) is 1.10. The molecule has 1 atom stereocenters. The molecule has 0 heterocycles. The van der Waals surface area contributed by atoms with Crippen molar-refractivity contribution in [1.82, 2.24) is 5.32 Å². The van der Waals surface area contributed by atoms with E-state index in [1.165, 1.54) is 0 Å². The quantitative estimate of drug-likeness (QED) is 0.713. The minimum atomic E-state index is -0.183. The van der Waals surface area contributed by atoms with Crippen molar-refractivity contribution < 1.29 is 11.0 Å². The molecule has 0 fully saturated rings. The van der Waals surface area contributed by atoms with Crippen LogP contribution in [-0.2, 0) is 9.59 Å². The zero-order valence-corrected chi connectivity index (χ0v) is 12.0. The van der Waals surface area contributed by atoms with Crippen LogP contribution in [0.25, 0.3) is 0 Å². The van der Waals surface area contributed by atoms with E-state index in [4.69, 9.17) is 0 Å². The topological polar surface area (TPSA) is 46.2 Å². The number of Topliss-reactive ketones (excluding diaryl/α,β-unsaturated/α-hetero) is 2. The van der Waals surface area contributed by atoms with Crippen LogP contribution in [0.15, 0.2) is 0 Å². The predicted octanol–water partition coefficient (Wildman–Crippen LogP) is 2.83. The van der Waals surface area contributed by atoms with E-state index in [9.17, 15) is 9.59 Å². The molecule has 0 saturated heterocycles.